The molecule has 2 atom stereocenters. The first-order valence-electron chi connectivity index (χ1n) is 11.0. The summed E-state index contributed by atoms with van der Waals surface area (Å²) in [6, 6.07) is 10.5. The number of hydrogen-bond acceptors (Lipinski definition) is 5. The lowest BCUT2D eigenvalue weighted by molar-refractivity contribution is -0.137. The lowest BCUT2D eigenvalue weighted by atomic mass is 10.0. The van der Waals surface area contributed by atoms with Crippen LogP contribution in [0.3, 0.4) is 0 Å². The molecule has 3 aliphatic heterocycles. The first-order valence-corrected chi connectivity index (χ1v) is 11.0. The van der Waals surface area contributed by atoms with Crippen molar-refractivity contribution in [2.45, 2.75) is 37.9 Å². The summed E-state index contributed by atoms with van der Waals surface area (Å²) in [5.41, 5.74) is 3.19. The van der Waals surface area contributed by atoms with Crippen LogP contribution >= 0.6 is 0 Å². The molecular weight excluding hydrogens is 438 g/mol. The van der Waals surface area contributed by atoms with Gasteiger partial charge in [-0.2, -0.15) is 0 Å². The van der Waals surface area contributed by atoms with Gasteiger partial charge in [0.15, 0.2) is 0 Å². The zero-order chi connectivity index (χ0) is 24.0. The van der Waals surface area contributed by atoms with Crippen LogP contribution in [-0.2, 0) is 27.3 Å². The number of carbonyl (C=O) groups excluding carboxylic acids is 5. The molecule has 34 heavy (non-hydrogen) atoms. The summed E-state index contributed by atoms with van der Waals surface area (Å²) in [4.78, 5) is 65.1. The van der Waals surface area contributed by atoms with E-state index in [0.717, 1.165) is 5.56 Å². The van der Waals surface area contributed by atoms with Gasteiger partial charge in [-0.1, -0.05) is 18.2 Å². The van der Waals surface area contributed by atoms with Gasteiger partial charge < -0.3 is 15.5 Å². The predicted octanol–water partition coefficient (Wildman–Crippen LogP) is 1.16. The van der Waals surface area contributed by atoms with Crippen LogP contribution in [0.15, 0.2) is 42.5 Å². The molecule has 10 heteroatoms. The summed E-state index contributed by atoms with van der Waals surface area (Å²) >= 11 is 0. The molecule has 5 rings (SSSR count). The monoisotopic (exact) mass is 461 g/mol. The highest BCUT2D eigenvalue weighted by molar-refractivity contribution is 6.09. The van der Waals surface area contributed by atoms with Crippen LogP contribution in [0.25, 0.3) is 0 Å². The summed E-state index contributed by atoms with van der Waals surface area (Å²) in [6.07, 6.45) is 0.883. The number of carbonyl (C=O) groups is 5. The first-order chi connectivity index (χ1) is 16.4. The Balaban J connectivity index is 1.36. The molecule has 0 aromatic heterocycles. The number of amides is 6. The molecule has 174 valence electrons. The molecular formula is C24H23N5O5. The number of imide groups is 1. The summed E-state index contributed by atoms with van der Waals surface area (Å²) in [5.74, 6) is -1.35. The van der Waals surface area contributed by atoms with Gasteiger partial charge >= 0.3 is 6.03 Å². The maximum absolute atomic E-state index is 13.2. The van der Waals surface area contributed by atoms with Crippen molar-refractivity contribution in [3.8, 4) is 0 Å². The number of likely N-dealkylation sites (N-methyl/N-ethyl adjacent to an activating group) is 1. The van der Waals surface area contributed by atoms with Gasteiger partial charge in [0.1, 0.15) is 12.1 Å². The van der Waals surface area contributed by atoms with Crippen LogP contribution in [0.2, 0.25) is 0 Å². The van der Waals surface area contributed by atoms with Gasteiger partial charge in [-0.15, -0.1) is 0 Å². The van der Waals surface area contributed by atoms with Gasteiger partial charge in [0.25, 0.3) is 5.91 Å². The highest BCUT2D eigenvalue weighted by atomic mass is 16.2. The van der Waals surface area contributed by atoms with Crippen molar-refractivity contribution >= 4 is 41.0 Å². The van der Waals surface area contributed by atoms with E-state index in [0.29, 0.717) is 28.9 Å². The van der Waals surface area contributed by atoms with Crippen molar-refractivity contribution in [1.82, 2.24) is 15.5 Å². The van der Waals surface area contributed by atoms with Crippen molar-refractivity contribution in [1.29, 1.82) is 0 Å². The van der Waals surface area contributed by atoms with E-state index in [4.69, 9.17) is 0 Å². The van der Waals surface area contributed by atoms with Gasteiger partial charge in [-0.05, 0) is 41.8 Å². The molecule has 0 radical (unpaired) electrons. The molecule has 2 unspecified atom stereocenters. The topological polar surface area (TPSA) is 128 Å². The molecule has 0 saturated carbocycles. The zero-order valence-electron chi connectivity index (χ0n) is 18.5. The summed E-state index contributed by atoms with van der Waals surface area (Å²) < 4.78 is 0. The zero-order valence-corrected chi connectivity index (χ0v) is 18.5. The van der Waals surface area contributed by atoms with E-state index >= 15 is 0 Å². The Hall–Kier alpha value is -4.21. The molecule has 1 fully saturated rings. The Morgan fingerprint density at radius 1 is 1.06 bits per heavy atom. The average molecular weight is 461 g/mol. The molecule has 0 aliphatic carbocycles. The quantitative estimate of drug-likeness (QED) is 0.591. The first kappa shape index (κ1) is 21.6. The molecule has 2 aromatic rings. The summed E-state index contributed by atoms with van der Waals surface area (Å²) in [5, 5.41) is 7.74. The minimum atomic E-state index is -0.704. The molecule has 1 saturated heterocycles. The number of piperidine rings is 1. The summed E-state index contributed by atoms with van der Waals surface area (Å²) in [6.45, 7) is 0.206. The number of hydrogen-bond donors (Lipinski definition) is 3. The lowest BCUT2D eigenvalue weighted by Gasteiger charge is -2.29. The van der Waals surface area contributed by atoms with Gasteiger partial charge in [0.05, 0.1) is 0 Å². The predicted molar refractivity (Wildman–Crippen MR) is 122 cm³/mol. The van der Waals surface area contributed by atoms with Gasteiger partial charge in [0, 0.05) is 43.4 Å². The molecule has 3 heterocycles. The van der Waals surface area contributed by atoms with Crippen molar-refractivity contribution in [3.05, 3.63) is 59.2 Å². The number of fused-ring (bicyclic) bond motifs is 2. The van der Waals surface area contributed by atoms with Crippen LogP contribution in [0.5, 0.6) is 0 Å². The van der Waals surface area contributed by atoms with E-state index in [1.165, 1.54) is 16.8 Å². The second kappa shape index (κ2) is 8.29. The number of benzene rings is 2. The fourth-order valence-corrected chi connectivity index (χ4v) is 4.85. The number of anilines is 2. The van der Waals surface area contributed by atoms with Crippen molar-refractivity contribution in [2.24, 2.45) is 0 Å². The maximum atomic E-state index is 13.2. The Morgan fingerprint density at radius 3 is 2.62 bits per heavy atom. The number of para-hydroxylation sites is 1. The Kier molecular flexibility index (Phi) is 5.27. The molecule has 3 aliphatic rings. The minimum Gasteiger partial charge on any atom is -0.357 e. The van der Waals surface area contributed by atoms with Crippen molar-refractivity contribution < 1.29 is 24.0 Å². The van der Waals surface area contributed by atoms with E-state index in [1.54, 1.807) is 24.3 Å². The largest absolute Gasteiger partial charge is 0.357 e. The van der Waals surface area contributed by atoms with Crippen LogP contribution in [-0.4, -0.2) is 53.7 Å². The normalized spacial score (nSPS) is 21.1. The third-order valence-electron chi connectivity index (χ3n) is 6.52. The number of rotatable bonds is 3. The summed E-state index contributed by atoms with van der Waals surface area (Å²) in [7, 11) is 1.53. The molecule has 2 aromatic carbocycles. The third kappa shape index (κ3) is 3.57. The average Bonchev–Trinajstić information content (AvgIpc) is 3.36. The minimum absolute atomic E-state index is 0.182. The van der Waals surface area contributed by atoms with E-state index in [-0.39, 0.29) is 37.1 Å². The van der Waals surface area contributed by atoms with Gasteiger partial charge in [-0.3, -0.25) is 29.4 Å². The van der Waals surface area contributed by atoms with Crippen molar-refractivity contribution in [2.75, 3.05) is 17.3 Å². The van der Waals surface area contributed by atoms with E-state index in [1.807, 2.05) is 18.2 Å². The maximum Gasteiger partial charge on any atom is 0.327 e. The second-order valence-corrected chi connectivity index (χ2v) is 8.53. The smallest absolute Gasteiger partial charge is 0.327 e. The Labute approximate surface area is 195 Å². The number of nitrogens with zero attached hydrogens (tertiary/aromatic N) is 2. The number of urea groups is 1. The highest BCUT2D eigenvalue weighted by Crippen LogP contribution is 2.34. The third-order valence-corrected chi connectivity index (χ3v) is 6.52. The highest BCUT2D eigenvalue weighted by Gasteiger charge is 2.40. The fraction of sp³-hybridized carbons (Fsp3) is 0.292. The van der Waals surface area contributed by atoms with Crippen LogP contribution in [0, 0.1) is 0 Å². The Bertz CT molecular complexity index is 1240. The van der Waals surface area contributed by atoms with E-state index in [2.05, 4.69) is 16.0 Å². The van der Waals surface area contributed by atoms with Crippen LogP contribution in [0.1, 0.15) is 34.3 Å². The van der Waals surface area contributed by atoms with Crippen LogP contribution in [0.4, 0.5) is 16.2 Å². The lowest BCUT2D eigenvalue weighted by Crippen LogP contribution is -2.52. The van der Waals surface area contributed by atoms with E-state index in [9.17, 15) is 24.0 Å². The van der Waals surface area contributed by atoms with Crippen molar-refractivity contribution in [3.63, 3.8) is 0 Å². The number of nitrogens with one attached hydrogen (secondary N) is 3. The fourth-order valence-electron chi connectivity index (χ4n) is 4.85. The molecule has 0 spiro atoms. The molecule has 6 amide bonds. The standard InChI is InChI=1S/C24H23N5O5/c1-25-21(31)19-11-13-4-2-3-5-17(13)29(19)24(34)26-15-6-7-16-14(10-15)12-28(23(16)33)18-8-9-20(30)27-22(18)32/h2-7,10,18-19H,8-9,11-12H2,1H3,(H,25,31)(H,26,34)(H,27,30,32). The molecule has 3 N–H and O–H groups in total. The van der Waals surface area contributed by atoms with Crippen LogP contribution < -0.4 is 20.9 Å². The van der Waals surface area contributed by atoms with Gasteiger partial charge in [-0.25, -0.2) is 4.79 Å². The molecule has 10 nitrogen and oxygen atoms in total. The van der Waals surface area contributed by atoms with Gasteiger partial charge in [0.2, 0.25) is 17.7 Å². The second-order valence-electron chi connectivity index (χ2n) is 8.53. The molecule has 0 bridgehead atoms. The Morgan fingerprint density at radius 2 is 1.85 bits per heavy atom. The van der Waals surface area contributed by atoms with E-state index < -0.39 is 24.0 Å². The SMILES string of the molecule is CNC(=O)C1Cc2ccccc2N1C(=O)Nc1ccc2c(c1)CN(C1CCC(=O)NC1=O)C2=O.